The van der Waals surface area contributed by atoms with Crippen LogP contribution in [-0.4, -0.2) is 15.8 Å². The lowest BCUT2D eigenvalue weighted by molar-refractivity contribution is 0.249. The van der Waals surface area contributed by atoms with Crippen LogP contribution in [0.3, 0.4) is 0 Å². The molecule has 0 aliphatic carbocycles. The Morgan fingerprint density at radius 3 is 2.82 bits per heavy atom. The van der Waals surface area contributed by atoms with Crippen molar-refractivity contribution in [3.05, 3.63) is 29.5 Å². The minimum atomic E-state index is -0.938. The van der Waals surface area contributed by atoms with Gasteiger partial charge < -0.3 is 5.32 Å². The van der Waals surface area contributed by atoms with E-state index in [0.717, 1.165) is 30.1 Å². The third kappa shape index (κ3) is 2.10. The number of hydrogen-bond acceptors (Lipinski definition) is 4. The van der Waals surface area contributed by atoms with Gasteiger partial charge >= 0.3 is 0 Å². The van der Waals surface area contributed by atoms with Gasteiger partial charge in [0.15, 0.2) is 0 Å². The molecule has 92 valence electrons. The van der Waals surface area contributed by atoms with Crippen LogP contribution in [0.5, 0.6) is 0 Å². The van der Waals surface area contributed by atoms with Crippen molar-refractivity contribution >= 4 is 6.21 Å². The van der Waals surface area contributed by atoms with Crippen molar-refractivity contribution in [1.29, 1.82) is 0 Å². The first kappa shape index (κ1) is 11.9. The Hall–Kier alpha value is -1.62. The summed E-state index contributed by atoms with van der Waals surface area (Å²) >= 11 is 0. The van der Waals surface area contributed by atoms with Crippen molar-refractivity contribution in [3.63, 3.8) is 0 Å². The zero-order valence-corrected chi connectivity index (χ0v) is 10.6. The number of nitrogens with one attached hydrogen (secondary N) is 1. The number of nitrogens with zero attached hydrogens (tertiary/aromatic N) is 3. The molecule has 1 aromatic rings. The second-order valence-corrected chi connectivity index (χ2v) is 4.20. The minimum absolute atomic E-state index is 0.829. The summed E-state index contributed by atoms with van der Waals surface area (Å²) in [4.78, 5) is 8.79. The van der Waals surface area contributed by atoms with E-state index in [0.29, 0.717) is 0 Å². The number of imidazole rings is 1. The van der Waals surface area contributed by atoms with Gasteiger partial charge in [-0.25, -0.2) is 9.98 Å². The number of rotatable bonds is 3. The van der Waals surface area contributed by atoms with Crippen molar-refractivity contribution in [2.24, 2.45) is 10.7 Å². The predicted octanol–water partition coefficient (Wildman–Crippen LogP) is 1.25. The molecule has 0 amide bonds. The highest BCUT2D eigenvalue weighted by Gasteiger charge is 2.29. The molecule has 0 radical (unpaired) electrons. The maximum atomic E-state index is 6.31. The van der Waals surface area contributed by atoms with Gasteiger partial charge in [-0.1, -0.05) is 13.8 Å². The highest BCUT2D eigenvalue weighted by atomic mass is 15.5. The van der Waals surface area contributed by atoms with E-state index in [2.05, 4.69) is 29.1 Å². The Labute approximate surface area is 101 Å². The molecule has 0 spiro atoms. The summed E-state index contributed by atoms with van der Waals surface area (Å²) in [6, 6.07) is 0. The van der Waals surface area contributed by atoms with E-state index >= 15 is 0 Å². The van der Waals surface area contributed by atoms with Crippen LogP contribution in [0.1, 0.15) is 31.8 Å². The normalized spacial score (nSPS) is 23.4. The lowest BCUT2D eigenvalue weighted by atomic mass is 10.3. The molecule has 2 heterocycles. The maximum absolute atomic E-state index is 6.31. The summed E-state index contributed by atoms with van der Waals surface area (Å²) in [5.41, 5.74) is 8.34. The Morgan fingerprint density at radius 1 is 1.41 bits per heavy atom. The first-order valence-electron chi connectivity index (χ1n) is 5.96. The molecule has 2 rings (SSSR count). The van der Waals surface area contributed by atoms with Gasteiger partial charge in [-0.3, -0.25) is 10.3 Å². The molecule has 1 aliphatic rings. The first-order valence-corrected chi connectivity index (χ1v) is 5.96. The van der Waals surface area contributed by atoms with Crippen molar-refractivity contribution < 1.29 is 0 Å². The quantitative estimate of drug-likeness (QED) is 0.825. The highest BCUT2D eigenvalue weighted by Crippen LogP contribution is 2.18. The highest BCUT2D eigenvalue weighted by molar-refractivity contribution is 5.73. The largest absolute Gasteiger partial charge is 0.334 e. The van der Waals surface area contributed by atoms with Crippen molar-refractivity contribution in [2.75, 3.05) is 0 Å². The van der Waals surface area contributed by atoms with Crippen molar-refractivity contribution in [3.8, 4) is 0 Å². The number of nitrogens with two attached hydrogens (primary N) is 1. The number of aromatic nitrogens is 2. The van der Waals surface area contributed by atoms with Gasteiger partial charge in [-0.05, 0) is 19.4 Å². The zero-order chi connectivity index (χ0) is 12.5. The smallest absolute Gasteiger partial charge is 0.270 e. The predicted molar refractivity (Wildman–Crippen MR) is 68.5 cm³/mol. The maximum Gasteiger partial charge on any atom is 0.270 e. The summed E-state index contributed by atoms with van der Waals surface area (Å²) < 4.78 is 1.90. The zero-order valence-electron chi connectivity index (χ0n) is 10.6. The number of hydrogen-bond donors (Lipinski definition) is 2. The van der Waals surface area contributed by atoms with E-state index in [9.17, 15) is 0 Å². The lowest BCUT2D eigenvalue weighted by Gasteiger charge is -2.32. The second-order valence-electron chi connectivity index (χ2n) is 4.20. The van der Waals surface area contributed by atoms with Gasteiger partial charge in [0.2, 0.25) is 0 Å². The van der Waals surface area contributed by atoms with Crippen LogP contribution < -0.4 is 11.1 Å². The summed E-state index contributed by atoms with van der Waals surface area (Å²) in [7, 11) is 0. The van der Waals surface area contributed by atoms with E-state index in [1.54, 1.807) is 6.21 Å². The molecule has 0 aromatic carbocycles. The van der Waals surface area contributed by atoms with E-state index in [-0.39, 0.29) is 0 Å². The van der Waals surface area contributed by atoms with Crippen molar-refractivity contribution in [1.82, 2.24) is 14.9 Å². The topological polar surface area (TPSA) is 68.2 Å². The van der Waals surface area contributed by atoms with Crippen molar-refractivity contribution in [2.45, 2.75) is 39.5 Å². The fraction of sp³-hybridized carbons (Fsp3) is 0.500. The van der Waals surface area contributed by atoms with E-state index in [1.807, 2.05) is 23.8 Å². The molecule has 3 N–H and O–H groups in total. The molecule has 0 saturated heterocycles. The number of allylic oxidation sites excluding steroid dienone is 2. The minimum Gasteiger partial charge on any atom is -0.334 e. The summed E-state index contributed by atoms with van der Waals surface area (Å²) in [5, 5.41) is 3.25. The standard InChI is InChI=1S/C12H19N5/c1-4-10-6-7-14-12(13,16-10)17-8-9(3)15-11(17)5-2/h6-8,16H,4-5,13H2,1-3H3. The summed E-state index contributed by atoms with van der Waals surface area (Å²) in [6.07, 6.45) is 7.36. The molecule has 1 atom stereocenters. The molecular weight excluding hydrogens is 214 g/mol. The van der Waals surface area contributed by atoms with Gasteiger partial charge in [0.05, 0.1) is 5.69 Å². The molecule has 17 heavy (non-hydrogen) atoms. The SMILES string of the molecule is CCC1=CC=NC(N)(n2cc(C)nc2CC)N1. The molecule has 1 unspecified atom stereocenters. The van der Waals surface area contributed by atoms with Gasteiger partial charge in [-0.2, -0.15) is 0 Å². The van der Waals surface area contributed by atoms with Crippen LogP contribution in [0.4, 0.5) is 0 Å². The van der Waals surface area contributed by atoms with Gasteiger partial charge in [0.1, 0.15) is 5.82 Å². The molecule has 1 aromatic heterocycles. The van der Waals surface area contributed by atoms with Crippen LogP contribution in [0.2, 0.25) is 0 Å². The average Bonchev–Trinajstić information content (AvgIpc) is 2.71. The fourth-order valence-corrected chi connectivity index (χ4v) is 1.97. The molecular formula is C12H19N5. The third-order valence-electron chi connectivity index (χ3n) is 2.86. The molecule has 5 heteroatoms. The van der Waals surface area contributed by atoms with E-state index < -0.39 is 5.91 Å². The summed E-state index contributed by atoms with van der Waals surface area (Å²) in [6.45, 7) is 6.10. The first-order chi connectivity index (χ1) is 8.09. The molecule has 0 saturated carbocycles. The number of aliphatic imine (C=N–C) groups is 1. The third-order valence-corrected chi connectivity index (χ3v) is 2.86. The van der Waals surface area contributed by atoms with Gasteiger partial charge in [0, 0.05) is 24.5 Å². The summed E-state index contributed by atoms with van der Waals surface area (Å²) in [5.74, 6) is -0.000761. The lowest BCUT2D eigenvalue weighted by Crippen LogP contribution is -2.54. The Balaban J connectivity index is 2.39. The molecule has 1 aliphatic heterocycles. The molecule has 0 bridgehead atoms. The fourth-order valence-electron chi connectivity index (χ4n) is 1.97. The number of aryl methyl sites for hydroxylation is 2. The second kappa shape index (κ2) is 4.33. The Morgan fingerprint density at radius 2 is 2.18 bits per heavy atom. The van der Waals surface area contributed by atoms with E-state index in [4.69, 9.17) is 5.73 Å². The van der Waals surface area contributed by atoms with Crippen LogP contribution in [-0.2, 0) is 12.3 Å². The van der Waals surface area contributed by atoms with Crippen LogP contribution in [0, 0.1) is 6.92 Å². The molecule has 0 fully saturated rings. The van der Waals surface area contributed by atoms with Crippen LogP contribution in [0.25, 0.3) is 0 Å². The van der Waals surface area contributed by atoms with Gasteiger partial charge in [-0.15, -0.1) is 0 Å². The van der Waals surface area contributed by atoms with E-state index in [1.165, 1.54) is 0 Å². The molecule has 5 nitrogen and oxygen atoms in total. The monoisotopic (exact) mass is 233 g/mol. The Kier molecular flexibility index (Phi) is 3.02. The van der Waals surface area contributed by atoms with Crippen LogP contribution >= 0.6 is 0 Å². The Bertz CT molecular complexity index is 471. The van der Waals surface area contributed by atoms with Crippen LogP contribution in [0.15, 0.2) is 23.0 Å². The average molecular weight is 233 g/mol. The van der Waals surface area contributed by atoms with Gasteiger partial charge in [0.25, 0.3) is 5.91 Å².